The van der Waals surface area contributed by atoms with Crippen LogP contribution in [0.4, 0.5) is 0 Å². The molecular formula is C16H30OSi2. The second-order valence-corrected chi connectivity index (χ2v) is 14.9. The van der Waals surface area contributed by atoms with E-state index < -0.39 is 16.6 Å². The molecule has 0 amide bonds. The largest absolute Gasteiger partial charge is 0.454 e. The molecule has 0 saturated carbocycles. The molecule has 0 aromatic carbocycles. The molecule has 0 spiro atoms. The smallest absolute Gasteiger partial charge is 0.190 e. The minimum absolute atomic E-state index is 0.00558. The van der Waals surface area contributed by atoms with Gasteiger partial charge in [0.15, 0.2) is 16.6 Å². The number of rotatable bonds is 10. The summed E-state index contributed by atoms with van der Waals surface area (Å²) in [6.45, 7) is 24.8. The number of hydrogen-bond donors (Lipinski definition) is 0. The minimum Gasteiger partial charge on any atom is -0.454 e. The summed E-state index contributed by atoms with van der Waals surface area (Å²) >= 11 is 0. The van der Waals surface area contributed by atoms with E-state index in [1.165, 1.54) is 0 Å². The highest BCUT2D eigenvalue weighted by atomic mass is 28.4. The second kappa shape index (κ2) is 7.22. The average Bonchev–Trinajstić information content (AvgIpc) is 2.28. The molecular weight excluding hydrogens is 264 g/mol. The Morgan fingerprint density at radius 3 is 1.84 bits per heavy atom. The van der Waals surface area contributed by atoms with Gasteiger partial charge in [-0.1, -0.05) is 31.2 Å². The van der Waals surface area contributed by atoms with E-state index >= 15 is 0 Å². The first kappa shape index (κ1) is 18.4. The van der Waals surface area contributed by atoms with Gasteiger partial charge in [-0.2, -0.15) is 0 Å². The van der Waals surface area contributed by atoms with Gasteiger partial charge in [-0.15, -0.1) is 26.3 Å². The minimum atomic E-state index is -1.99. The summed E-state index contributed by atoms with van der Waals surface area (Å²) in [5, 5.41) is -0.00558. The zero-order chi connectivity index (χ0) is 15.2. The summed E-state index contributed by atoms with van der Waals surface area (Å²) in [6, 6.07) is 1.92. The Labute approximate surface area is 122 Å². The third-order valence-electron chi connectivity index (χ3n) is 3.90. The van der Waals surface area contributed by atoms with Gasteiger partial charge in [-0.25, -0.2) is 0 Å². The molecule has 19 heavy (non-hydrogen) atoms. The summed E-state index contributed by atoms with van der Waals surface area (Å²) < 4.78 is 6.73. The lowest BCUT2D eigenvalue weighted by atomic mass is 10.1. The predicted molar refractivity (Wildman–Crippen MR) is 93.6 cm³/mol. The van der Waals surface area contributed by atoms with E-state index in [0.717, 1.165) is 18.5 Å². The molecule has 2 atom stereocenters. The summed E-state index contributed by atoms with van der Waals surface area (Å²) in [4.78, 5) is 0. The van der Waals surface area contributed by atoms with Crippen molar-refractivity contribution in [1.82, 2.24) is 0 Å². The Balaban J connectivity index is 5.44. The van der Waals surface area contributed by atoms with E-state index in [-0.39, 0.29) is 5.04 Å². The second-order valence-electron chi connectivity index (χ2n) is 6.19. The Kier molecular flexibility index (Phi) is 6.97. The Hall–Kier alpha value is -0.646. The molecule has 0 aliphatic rings. The van der Waals surface area contributed by atoms with Crippen LogP contribution in [-0.2, 0) is 4.12 Å². The van der Waals surface area contributed by atoms with Crippen molar-refractivity contribution in [2.45, 2.75) is 50.1 Å². The molecule has 0 bridgehead atoms. The van der Waals surface area contributed by atoms with Crippen molar-refractivity contribution in [3.8, 4) is 0 Å². The van der Waals surface area contributed by atoms with Crippen LogP contribution >= 0.6 is 0 Å². The monoisotopic (exact) mass is 294 g/mol. The van der Waals surface area contributed by atoms with Crippen LogP contribution in [-0.4, -0.2) is 16.6 Å². The quantitative estimate of drug-likeness (QED) is 0.372. The van der Waals surface area contributed by atoms with Crippen molar-refractivity contribution in [1.29, 1.82) is 0 Å². The molecule has 0 heterocycles. The van der Waals surface area contributed by atoms with Gasteiger partial charge in [-0.3, -0.25) is 0 Å². The molecule has 2 unspecified atom stereocenters. The molecule has 108 valence electrons. The molecule has 0 rings (SSSR count). The van der Waals surface area contributed by atoms with E-state index in [0.29, 0.717) is 0 Å². The highest BCUT2D eigenvalue weighted by molar-refractivity contribution is 6.87. The SMILES string of the molecule is C=CCC(C)(C=C)[Si](C)(CC=C)O[Si](C)(C)CC=C. The summed E-state index contributed by atoms with van der Waals surface area (Å²) in [7, 11) is -3.71. The van der Waals surface area contributed by atoms with Gasteiger partial charge in [0.2, 0.25) is 0 Å². The lowest BCUT2D eigenvalue weighted by Crippen LogP contribution is -2.52. The van der Waals surface area contributed by atoms with E-state index in [1.807, 2.05) is 18.2 Å². The van der Waals surface area contributed by atoms with Crippen LogP contribution in [0.25, 0.3) is 0 Å². The van der Waals surface area contributed by atoms with E-state index in [1.54, 1.807) is 0 Å². The van der Waals surface area contributed by atoms with Crippen LogP contribution < -0.4 is 0 Å². The molecule has 0 fully saturated rings. The third-order valence-corrected chi connectivity index (χ3v) is 13.1. The highest BCUT2D eigenvalue weighted by Gasteiger charge is 2.47. The van der Waals surface area contributed by atoms with Gasteiger partial charge in [0.1, 0.15) is 0 Å². The highest BCUT2D eigenvalue weighted by Crippen LogP contribution is 2.47. The normalized spacial score (nSPS) is 17.9. The van der Waals surface area contributed by atoms with Gasteiger partial charge in [0, 0.05) is 5.04 Å². The molecule has 0 aliphatic heterocycles. The predicted octanol–water partition coefficient (Wildman–Crippen LogP) is 5.68. The van der Waals surface area contributed by atoms with Crippen molar-refractivity contribution in [3.63, 3.8) is 0 Å². The first-order chi connectivity index (χ1) is 8.70. The fourth-order valence-electron chi connectivity index (χ4n) is 2.48. The molecule has 3 heteroatoms. The average molecular weight is 295 g/mol. The maximum absolute atomic E-state index is 6.73. The zero-order valence-corrected chi connectivity index (χ0v) is 15.2. The Bertz CT molecular complexity index is 349. The van der Waals surface area contributed by atoms with Crippen molar-refractivity contribution in [2.75, 3.05) is 0 Å². The lowest BCUT2D eigenvalue weighted by molar-refractivity contribution is 0.487. The van der Waals surface area contributed by atoms with Crippen LogP contribution in [0.15, 0.2) is 50.6 Å². The molecule has 1 nitrogen and oxygen atoms in total. The van der Waals surface area contributed by atoms with Crippen LogP contribution in [0.3, 0.4) is 0 Å². The lowest BCUT2D eigenvalue weighted by Gasteiger charge is -2.46. The van der Waals surface area contributed by atoms with E-state index in [9.17, 15) is 0 Å². The molecule has 0 aromatic heterocycles. The molecule has 0 aromatic rings. The fraction of sp³-hybridized carbons (Fsp3) is 0.500. The van der Waals surface area contributed by atoms with E-state index in [4.69, 9.17) is 4.12 Å². The van der Waals surface area contributed by atoms with Crippen molar-refractivity contribution in [3.05, 3.63) is 50.6 Å². The Morgan fingerprint density at radius 2 is 1.47 bits per heavy atom. The number of hydrogen-bond acceptors (Lipinski definition) is 1. The summed E-state index contributed by atoms with van der Waals surface area (Å²) in [5.74, 6) is 0. The third kappa shape index (κ3) is 4.75. The van der Waals surface area contributed by atoms with Crippen LogP contribution in [0.2, 0.25) is 36.8 Å². The van der Waals surface area contributed by atoms with Crippen molar-refractivity contribution >= 4 is 16.6 Å². The molecule has 0 radical (unpaired) electrons. The van der Waals surface area contributed by atoms with Gasteiger partial charge < -0.3 is 4.12 Å². The summed E-state index contributed by atoms with van der Waals surface area (Å²) in [5.41, 5.74) is 0. The van der Waals surface area contributed by atoms with Crippen molar-refractivity contribution in [2.24, 2.45) is 0 Å². The van der Waals surface area contributed by atoms with Crippen LogP contribution in [0.5, 0.6) is 0 Å². The maximum atomic E-state index is 6.73. The van der Waals surface area contributed by atoms with Gasteiger partial charge in [0.05, 0.1) is 0 Å². The maximum Gasteiger partial charge on any atom is 0.190 e. The standard InChI is InChI=1S/C16H30OSi2/c1-9-13-16(5,12-4)19(8,15-11-3)17-18(6,7)14-10-2/h9-12H,1-4,13-15H2,5-8H3. The first-order valence-electron chi connectivity index (χ1n) is 6.87. The van der Waals surface area contributed by atoms with Gasteiger partial charge in [0.25, 0.3) is 0 Å². The number of allylic oxidation sites excluding steroid dienone is 4. The molecule has 0 aliphatic carbocycles. The fourth-order valence-corrected chi connectivity index (χ4v) is 11.7. The van der Waals surface area contributed by atoms with Gasteiger partial charge >= 0.3 is 0 Å². The van der Waals surface area contributed by atoms with Crippen LogP contribution in [0.1, 0.15) is 13.3 Å². The summed E-state index contributed by atoms with van der Waals surface area (Å²) in [6.07, 6.45) is 8.92. The first-order valence-corrected chi connectivity index (χ1v) is 12.6. The Morgan fingerprint density at radius 1 is 0.947 bits per heavy atom. The molecule has 0 saturated heterocycles. The molecule has 0 N–H and O–H groups in total. The van der Waals surface area contributed by atoms with Gasteiger partial charge in [-0.05, 0) is 38.2 Å². The van der Waals surface area contributed by atoms with Crippen molar-refractivity contribution < 1.29 is 4.12 Å². The zero-order valence-electron chi connectivity index (χ0n) is 13.2. The van der Waals surface area contributed by atoms with E-state index in [2.05, 4.69) is 59.0 Å². The van der Waals surface area contributed by atoms with Crippen LogP contribution in [0, 0.1) is 0 Å². The topological polar surface area (TPSA) is 9.23 Å².